The summed E-state index contributed by atoms with van der Waals surface area (Å²) < 4.78 is 0. The SMILES string of the molecule is Cc1cc(C)cc(C=C2C(=O)NC(=S)N(c3ccc(Cl)cc3)C2=O)c1. The number of carbonyl (C=O) groups excluding carboxylic acids is 2. The van der Waals surface area contributed by atoms with Gasteiger partial charge in [-0.05, 0) is 62.0 Å². The first-order valence-corrected chi connectivity index (χ1v) is 8.39. The Hall–Kier alpha value is -2.50. The van der Waals surface area contributed by atoms with Crippen molar-refractivity contribution in [1.82, 2.24) is 5.32 Å². The van der Waals surface area contributed by atoms with Crippen LogP contribution in [0.4, 0.5) is 5.69 Å². The molecule has 1 fully saturated rings. The molecular weight excluding hydrogens is 356 g/mol. The lowest BCUT2D eigenvalue weighted by molar-refractivity contribution is -0.122. The molecule has 1 saturated heterocycles. The molecule has 0 spiro atoms. The van der Waals surface area contributed by atoms with E-state index < -0.39 is 11.8 Å². The molecule has 4 nitrogen and oxygen atoms in total. The van der Waals surface area contributed by atoms with Gasteiger partial charge in [0.2, 0.25) is 0 Å². The number of carbonyl (C=O) groups is 2. The van der Waals surface area contributed by atoms with E-state index in [-0.39, 0.29) is 10.7 Å². The molecule has 0 atom stereocenters. The van der Waals surface area contributed by atoms with Gasteiger partial charge in [0, 0.05) is 5.02 Å². The van der Waals surface area contributed by atoms with E-state index in [1.807, 2.05) is 32.0 Å². The van der Waals surface area contributed by atoms with Crippen molar-refractivity contribution in [3.05, 3.63) is 69.8 Å². The summed E-state index contributed by atoms with van der Waals surface area (Å²) in [6.45, 7) is 3.93. The van der Waals surface area contributed by atoms with Crippen LogP contribution in [0.2, 0.25) is 5.02 Å². The zero-order valence-electron chi connectivity index (χ0n) is 13.7. The van der Waals surface area contributed by atoms with Gasteiger partial charge in [-0.3, -0.25) is 19.8 Å². The summed E-state index contributed by atoms with van der Waals surface area (Å²) in [7, 11) is 0. The molecule has 0 saturated carbocycles. The summed E-state index contributed by atoms with van der Waals surface area (Å²) in [5, 5.41) is 3.17. The number of anilines is 1. The topological polar surface area (TPSA) is 49.4 Å². The third-order valence-electron chi connectivity index (χ3n) is 3.74. The van der Waals surface area contributed by atoms with Gasteiger partial charge in [-0.2, -0.15) is 0 Å². The molecule has 2 aromatic carbocycles. The molecule has 2 aromatic rings. The van der Waals surface area contributed by atoms with Crippen molar-refractivity contribution in [3.8, 4) is 0 Å². The number of hydrogen-bond donors (Lipinski definition) is 1. The molecule has 6 heteroatoms. The van der Waals surface area contributed by atoms with Gasteiger partial charge in [-0.1, -0.05) is 40.9 Å². The molecule has 1 heterocycles. The molecule has 1 aliphatic rings. The smallest absolute Gasteiger partial charge is 0.270 e. The van der Waals surface area contributed by atoms with E-state index in [2.05, 4.69) is 5.32 Å². The lowest BCUT2D eigenvalue weighted by Crippen LogP contribution is -2.54. The van der Waals surface area contributed by atoms with E-state index in [0.29, 0.717) is 10.7 Å². The zero-order chi connectivity index (χ0) is 18.1. The molecular formula is C19H15ClN2O2S. The minimum Gasteiger partial charge on any atom is -0.298 e. The lowest BCUT2D eigenvalue weighted by atomic mass is 10.0. The number of amides is 2. The third kappa shape index (κ3) is 3.62. The van der Waals surface area contributed by atoms with Crippen LogP contribution in [0.3, 0.4) is 0 Å². The van der Waals surface area contributed by atoms with Gasteiger partial charge < -0.3 is 0 Å². The van der Waals surface area contributed by atoms with Gasteiger partial charge >= 0.3 is 0 Å². The van der Waals surface area contributed by atoms with Crippen molar-refractivity contribution >= 4 is 52.5 Å². The lowest BCUT2D eigenvalue weighted by Gasteiger charge is -2.29. The van der Waals surface area contributed by atoms with Crippen LogP contribution in [-0.2, 0) is 9.59 Å². The van der Waals surface area contributed by atoms with Crippen LogP contribution in [0.25, 0.3) is 6.08 Å². The summed E-state index contributed by atoms with van der Waals surface area (Å²) in [4.78, 5) is 26.5. The normalized spacial score (nSPS) is 16.4. The van der Waals surface area contributed by atoms with Gasteiger partial charge in [0.15, 0.2) is 5.11 Å². The Bertz CT molecular complexity index is 899. The van der Waals surface area contributed by atoms with E-state index in [4.69, 9.17) is 23.8 Å². The Morgan fingerprint density at radius 3 is 2.24 bits per heavy atom. The number of hydrogen-bond acceptors (Lipinski definition) is 3. The number of benzene rings is 2. The first-order valence-electron chi connectivity index (χ1n) is 7.60. The molecule has 25 heavy (non-hydrogen) atoms. The molecule has 0 aliphatic carbocycles. The van der Waals surface area contributed by atoms with Crippen LogP contribution in [-0.4, -0.2) is 16.9 Å². The van der Waals surface area contributed by atoms with Crippen molar-refractivity contribution in [3.63, 3.8) is 0 Å². The second kappa shape index (κ2) is 6.78. The average molecular weight is 371 g/mol. The Morgan fingerprint density at radius 2 is 1.64 bits per heavy atom. The van der Waals surface area contributed by atoms with Crippen LogP contribution >= 0.6 is 23.8 Å². The minimum atomic E-state index is -0.501. The standard InChI is InChI=1S/C19H15ClN2O2S/c1-11-7-12(2)9-13(8-11)10-16-17(23)21-19(25)22(18(16)24)15-5-3-14(20)4-6-15/h3-10H,1-2H3,(H,21,23,25). The van der Waals surface area contributed by atoms with Crippen molar-refractivity contribution < 1.29 is 9.59 Å². The summed E-state index contributed by atoms with van der Waals surface area (Å²) in [5.41, 5.74) is 3.49. The maximum absolute atomic E-state index is 12.9. The summed E-state index contributed by atoms with van der Waals surface area (Å²) in [6, 6.07) is 12.5. The molecule has 0 bridgehead atoms. The van der Waals surface area contributed by atoms with Gasteiger partial charge in [-0.15, -0.1) is 0 Å². The van der Waals surface area contributed by atoms with Gasteiger partial charge in [-0.25, -0.2) is 0 Å². The molecule has 0 unspecified atom stereocenters. The Morgan fingerprint density at radius 1 is 1.04 bits per heavy atom. The molecule has 126 valence electrons. The largest absolute Gasteiger partial charge is 0.298 e. The van der Waals surface area contributed by atoms with E-state index in [0.717, 1.165) is 16.7 Å². The van der Waals surface area contributed by atoms with Gasteiger partial charge in [0.1, 0.15) is 5.57 Å². The maximum Gasteiger partial charge on any atom is 0.270 e. The molecule has 3 rings (SSSR count). The van der Waals surface area contributed by atoms with E-state index in [1.165, 1.54) is 4.90 Å². The van der Waals surface area contributed by atoms with Crippen molar-refractivity contribution in [2.75, 3.05) is 4.90 Å². The highest BCUT2D eigenvalue weighted by Crippen LogP contribution is 2.24. The second-order valence-electron chi connectivity index (χ2n) is 5.86. The van der Waals surface area contributed by atoms with Crippen molar-refractivity contribution in [1.29, 1.82) is 0 Å². The highest BCUT2D eigenvalue weighted by molar-refractivity contribution is 7.80. The fourth-order valence-electron chi connectivity index (χ4n) is 2.74. The van der Waals surface area contributed by atoms with Crippen LogP contribution in [0.5, 0.6) is 0 Å². The van der Waals surface area contributed by atoms with Gasteiger partial charge in [0.05, 0.1) is 5.69 Å². The van der Waals surface area contributed by atoms with Crippen LogP contribution in [0, 0.1) is 13.8 Å². The third-order valence-corrected chi connectivity index (χ3v) is 4.28. The number of nitrogens with one attached hydrogen (secondary N) is 1. The zero-order valence-corrected chi connectivity index (χ0v) is 15.2. The predicted molar refractivity (Wildman–Crippen MR) is 104 cm³/mol. The van der Waals surface area contributed by atoms with Crippen molar-refractivity contribution in [2.24, 2.45) is 0 Å². The summed E-state index contributed by atoms with van der Waals surface area (Å²) in [6.07, 6.45) is 1.59. The number of rotatable bonds is 2. The van der Waals surface area contributed by atoms with Crippen LogP contribution < -0.4 is 10.2 Å². The average Bonchev–Trinajstić information content (AvgIpc) is 2.52. The maximum atomic E-state index is 12.9. The second-order valence-corrected chi connectivity index (χ2v) is 6.68. The quantitative estimate of drug-likeness (QED) is 0.497. The highest BCUT2D eigenvalue weighted by atomic mass is 35.5. The highest BCUT2D eigenvalue weighted by Gasteiger charge is 2.34. The Labute approximate surface area is 156 Å². The van der Waals surface area contributed by atoms with E-state index in [1.54, 1.807) is 30.3 Å². The first kappa shape index (κ1) is 17.3. The number of halogens is 1. The molecule has 1 aliphatic heterocycles. The summed E-state index contributed by atoms with van der Waals surface area (Å²) >= 11 is 11.1. The van der Waals surface area contributed by atoms with Gasteiger partial charge in [0.25, 0.3) is 11.8 Å². The predicted octanol–water partition coefficient (Wildman–Crippen LogP) is 3.79. The minimum absolute atomic E-state index is 0.0357. The van der Waals surface area contributed by atoms with E-state index >= 15 is 0 Å². The monoisotopic (exact) mass is 370 g/mol. The molecule has 2 amide bonds. The van der Waals surface area contributed by atoms with Crippen LogP contribution in [0.15, 0.2) is 48.0 Å². The fraction of sp³-hybridized carbons (Fsp3) is 0.105. The Kier molecular flexibility index (Phi) is 4.70. The van der Waals surface area contributed by atoms with E-state index in [9.17, 15) is 9.59 Å². The number of thiocarbonyl (C=S) groups is 1. The Balaban J connectivity index is 2.03. The van der Waals surface area contributed by atoms with Crippen molar-refractivity contribution in [2.45, 2.75) is 13.8 Å². The molecule has 0 aromatic heterocycles. The summed E-state index contributed by atoms with van der Waals surface area (Å²) in [5.74, 6) is -0.963. The molecule has 1 N–H and O–H groups in total. The first-order chi connectivity index (χ1) is 11.8. The molecule has 0 radical (unpaired) electrons. The number of aryl methyl sites for hydroxylation is 2. The number of nitrogens with zero attached hydrogens (tertiary/aromatic N) is 1. The fourth-order valence-corrected chi connectivity index (χ4v) is 3.15. The van der Waals surface area contributed by atoms with Crippen LogP contribution in [0.1, 0.15) is 16.7 Å².